The Morgan fingerprint density at radius 3 is 2.77 bits per heavy atom. The van der Waals surface area contributed by atoms with Gasteiger partial charge in [0.05, 0.1) is 17.4 Å². The molecular formula is C18H14F3N5. The number of hydrogen-bond donors (Lipinski definition) is 1. The Morgan fingerprint density at radius 1 is 1.04 bits per heavy atom. The Labute approximate surface area is 146 Å². The predicted octanol–water partition coefficient (Wildman–Crippen LogP) is 3.84. The fraction of sp³-hybridized carbons (Fsp3) is 0.167. The van der Waals surface area contributed by atoms with Crippen molar-refractivity contribution in [2.24, 2.45) is 0 Å². The van der Waals surface area contributed by atoms with Crippen molar-refractivity contribution in [3.8, 4) is 0 Å². The monoisotopic (exact) mass is 357 g/mol. The zero-order valence-electron chi connectivity index (χ0n) is 13.5. The summed E-state index contributed by atoms with van der Waals surface area (Å²) in [6, 6.07) is 12.9. The number of pyridine rings is 1. The number of fused-ring (bicyclic) bond motifs is 2. The summed E-state index contributed by atoms with van der Waals surface area (Å²) in [5, 5.41) is 7.54. The Kier molecular flexibility index (Phi) is 3.95. The minimum absolute atomic E-state index is 0.150. The molecule has 0 saturated carbocycles. The average Bonchev–Trinajstić information content (AvgIpc) is 3.01. The van der Waals surface area contributed by atoms with Gasteiger partial charge in [0.1, 0.15) is 12.4 Å². The van der Waals surface area contributed by atoms with Crippen LogP contribution in [0.4, 0.5) is 19.0 Å². The van der Waals surface area contributed by atoms with Crippen molar-refractivity contribution in [3.63, 3.8) is 0 Å². The zero-order chi connectivity index (χ0) is 18.1. The van der Waals surface area contributed by atoms with Gasteiger partial charge in [-0.05, 0) is 35.9 Å². The van der Waals surface area contributed by atoms with Crippen LogP contribution in [0.3, 0.4) is 0 Å². The van der Waals surface area contributed by atoms with E-state index in [-0.39, 0.29) is 5.82 Å². The van der Waals surface area contributed by atoms with Crippen LogP contribution in [0.25, 0.3) is 16.6 Å². The van der Waals surface area contributed by atoms with Crippen molar-refractivity contribution >= 4 is 22.4 Å². The molecule has 0 spiro atoms. The highest BCUT2D eigenvalue weighted by atomic mass is 19.4. The van der Waals surface area contributed by atoms with Gasteiger partial charge >= 0.3 is 6.18 Å². The van der Waals surface area contributed by atoms with E-state index < -0.39 is 12.7 Å². The van der Waals surface area contributed by atoms with E-state index in [0.717, 1.165) is 22.2 Å². The molecule has 3 aromatic heterocycles. The third kappa shape index (κ3) is 3.44. The molecule has 0 atom stereocenters. The van der Waals surface area contributed by atoms with Gasteiger partial charge in [-0.2, -0.15) is 13.2 Å². The fourth-order valence-corrected chi connectivity index (χ4v) is 2.77. The van der Waals surface area contributed by atoms with Crippen molar-refractivity contribution < 1.29 is 13.2 Å². The Morgan fingerprint density at radius 2 is 1.92 bits per heavy atom. The first-order valence-corrected chi connectivity index (χ1v) is 7.96. The molecule has 0 aliphatic heterocycles. The van der Waals surface area contributed by atoms with Gasteiger partial charge in [-0.3, -0.25) is 4.98 Å². The summed E-state index contributed by atoms with van der Waals surface area (Å²) in [6.45, 7) is -1.13. The number of hydrogen-bond acceptors (Lipinski definition) is 4. The number of anilines is 1. The molecule has 0 unspecified atom stereocenters. The second-order valence-corrected chi connectivity index (χ2v) is 5.91. The quantitative estimate of drug-likeness (QED) is 0.603. The van der Waals surface area contributed by atoms with Crippen LogP contribution >= 0.6 is 0 Å². The predicted molar refractivity (Wildman–Crippen MR) is 92.1 cm³/mol. The van der Waals surface area contributed by atoms with Gasteiger partial charge in [-0.15, -0.1) is 5.10 Å². The molecule has 0 fully saturated rings. The van der Waals surface area contributed by atoms with E-state index in [1.54, 1.807) is 23.0 Å². The summed E-state index contributed by atoms with van der Waals surface area (Å²) in [4.78, 5) is 8.56. The lowest BCUT2D eigenvalue weighted by Gasteiger charge is -2.09. The lowest BCUT2D eigenvalue weighted by atomic mass is 10.1. The molecule has 3 heterocycles. The summed E-state index contributed by atoms with van der Waals surface area (Å²) in [5.74, 6) is 0.150. The van der Waals surface area contributed by atoms with Crippen LogP contribution in [-0.4, -0.2) is 32.3 Å². The lowest BCUT2D eigenvalue weighted by Crippen LogP contribution is -2.22. The standard InChI is InChI=1S/C18H14F3N5/c19-18(20,21)11-24-16-5-6-17-23-10-14(26(17)25-16)9-12-3-4-15-13(8-12)2-1-7-22-15/h1-8,10H,9,11H2,(H,24,25). The molecule has 0 aliphatic rings. The van der Waals surface area contributed by atoms with E-state index in [0.29, 0.717) is 12.1 Å². The first-order chi connectivity index (χ1) is 12.5. The first-order valence-electron chi connectivity index (χ1n) is 7.96. The largest absolute Gasteiger partial charge is 0.405 e. The van der Waals surface area contributed by atoms with Gasteiger partial charge in [0, 0.05) is 18.0 Å². The number of benzene rings is 1. The topological polar surface area (TPSA) is 55.1 Å². The van der Waals surface area contributed by atoms with E-state index in [1.165, 1.54) is 6.07 Å². The van der Waals surface area contributed by atoms with Crippen molar-refractivity contribution in [2.75, 3.05) is 11.9 Å². The van der Waals surface area contributed by atoms with Gasteiger partial charge in [0.15, 0.2) is 5.65 Å². The summed E-state index contributed by atoms with van der Waals surface area (Å²) in [6.07, 6.45) is -0.315. The molecule has 1 aromatic carbocycles. The van der Waals surface area contributed by atoms with Crippen LogP contribution in [0.5, 0.6) is 0 Å². The van der Waals surface area contributed by atoms with Gasteiger partial charge in [0.2, 0.25) is 0 Å². The smallest absolute Gasteiger partial charge is 0.360 e. The van der Waals surface area contributed by atoms with Crippen molar-refractivity contribution in [3.05, 3.63) is 66.1 Å². The molecule has 4 aromatic rings. The van der Waals surface area contributed by atoms with E-state index in [9.17, 15) is 13.2 Å². The third-order valence-corrected chi connectivity index (χ3v) is 3.96. The first kappa shape index (κ1) is 16.3. The van der Waals surface area contributed by atoms with E-state index >= 15 is 0 Å². The fourth-order valence-electron chi connectivity index (χ4n) is 2.77. The van der Waals surface area contributed by atoms with Crippen molar-refractivity contribution in [2.45, 2.75) is 12.6 Å². The van der Waals surface area contributed by atoms with Crippen LogP contribution in [0.1, 0.15) is 11.3 Å². The second kappa shape index (κ2) is 6.29. The maximum absolute atomic E-state index is 12.4. The van der Waals surface area contributed by atoms with Gasteiger partial charge in [-0.1, -0.05) is 12.1 Å². The van der Waals surface area contributed by atoms with Crippen molar-refractivity contribution in [1.29, 1.82) is 0 Å². The van der Waals surface area contributed by atoms with Crippen LogP contribution in [0.2, 0.25) is 0 Å². The maximum Gasteiger partial charge on any atom is 0.405 e. The summed E-state index contributed by atoms with van der Waals surface area (Å²) in [5.41, 5.74) is 3.33. The van der Waals surface area contributed by atoms with E-state index in [2.05, 4.69) is 20.4 Å². The molecule has 1 N–H and O–H groups in total. The number of nitrogens with one attached hydrogen (secondary N) is 1. The normalized spacial score (nSPS) is 12.0. The number of halogens is 3. The average molecular weight is 357 g/mol. The van der Waals surface area contributed by atoms with E-state index in [4.69, 9.17) is 0 Å². The molecule has 0 radical (unpaired) electrons. The maximum atomic E-state index is 12.4. The summed E-state index contributed by atoms with van der Waals surface area (Å²) in [7, 11) is 0. The molecule has 0 amide bonds. The highest BCUT2D eigenvalue weighted by Gasteiger charge is 2.26. The molecule has 4 rings (SSSR count). The number of nitrogens with zero attached hydrogens (tertiary/aromatic N) is 4. The number of alkyl halides is 3. The Balaban J connectivity index is 1.62. The number of aromatic nitrogens is 4. The molecule has 26 heavy (non-hydrogen) atoms. The Hall–Kier alpha value is -3.16. The van der Waals surface area contributed by atoms with Crippen LogP contribution < -0.4 is 5.32 Å². The van der Waals surface area contributed by atoms with Crippen LogP contribution in [-0.2, 0) is 6.42 Å². The van der Waals surface area contributed by atoms with E-state index in [1.807, 2.05) is 30.3 Å². The molecule has 8 heteroatoms. The lowest BCUT2D eigenvalue weighted by molar-refractivity contribution is -0.115. The van der Waals surface area contributed by atoms with Gasteiger partial charge in [-0.25, -0.2) is 9.50 Å². The molecule has 132 valence electrons. The molecular weight excluding hydrogens is 343 g/mol. The zero-order valence-corrected chi connectivity index (χ0v) is 13.5. The van der Waals surface area contributed by atoms with Gasteiger partial charge in [0.25, 0.3) is 0 Å². The van der Waals surface area contributed by atoms with Crippen LogP contribution in [0.15, 0.2) is 54.9 Å². The molecule has 5 nitrogen and oxygen atoms in total. The third-order valence-electron chi connectivity index (χ3n) is 3.96. The van der Waals surface area contributed by atoms with Crippen molar-refractivity contribution in [1.82, 2.24) is 19.6 Å². The SMILES string of the molecule is FC(F)(F)CNc1ccc2ncc(Cc3ccc4ncccc4c3)n2n1. The van der Waals surface area contributed by atoms with Gasteiger partial charge < -0.3 is 5.32 Å². The number of imidazole rings is 1. The van der Waals surface area contributed by atoms with Crippen LogP contribution in [0, 0.1) is 0 Å². The minimum atomic E-state index is -4.30. The molecule has 0 bridgehead atoms. The molecule has 0 aliphatic carbocycles. The summed E-state index contributed by atoms with van der Waals surface area (Å²) >= 11 is 0. The number of rotatable bonds is 4. The highest BCUT2D eigenvalue weighted by molar-refractivity contribution is 5.79. The highest BCUT2D eigenvalue weighted by Crippen LogP contribution is 2.19. The molecule has 0 saturated heterocycles. The summed E-state index contributed by atoms with van der Waals surface area (Å²) < 4.78 is 38.7. The second-order valence-electron chi connectivity index (χ2n) is 5.91. The Bertz CT molecular complexity index is 1070. The minimum Gasteiger partial charge on any atom is -0.360 e.